The van der Waals surface area contributed by atoms with Crippen LogP contribution in [0, 0.1) is 11.6 Å². The third-order valence-electron chi connectivity index (χ3n) is 4.31. The zero-order valence-corrected chi connectivity index (χ0v) is 19.0. The number of benzene rings is 1. The van der Waals surface area contributed by atoms with Crippen LogP contribution < -0.4 is 21.1 Å². The number of carbonyl (C=O) groups excluding carboxylic acids is 2. The Labute approximate surface area is 200 Å². The van der Waals surface area contributed by atoms with Crippen LogP contribution in [0.25, 0.3) is 0 Å². The van der Waals surface area contributed by atoms with Crippen molar-refractivity contribution in [3.8, 4) is 5.88 Å². The van der Waals surface area contributed by atoms with Crippen LogP contribution in [0.5, 0.6) is 5.88 Å². The van der Waals surface area contributed by atoms with Gasteiger partial charge in [0.1, 0.15) is 28.8 Å². The molecule has 15 heteroatoms. The van der Waals surface area contributed by atoms with Gasteiger partial charge in [-0.25, -0.2) is 13.6 Å². The summed E-state index contributed by atoms with van der Waals surface area (Å²) in [4.78, 5) is 34.4. The number of amides is 3. The molecule has 0 aliphatic heterocycles. The summed E-state index contributed by atoms with van der Waals surface area (Å²) in [7, 11) is 0. The summed E-state index contributed by atoms with van der Waals surface area (Å²) >= 11 is 6.20. The number of ether oxygens (including phenoxy) is 1. The summed E-state index contributed by atoms with van der Waals surface area (Å²) < 4.78 is 36.9. The molecule has 2 rings (SSSR count). The fourth-order valence-corrected chi connectivity index (χ4v) is 3.67. The van der Waals surface area contributed by atoms with E-state index in [1.54, 1.807) is 0 Å². The highest BCUT2D eigenvalue weighted by Gasteiger charge is 2.23. The number of primary amides is 1. The largest absolute Gasteiger partial charge is 0.481 e. The number of hydrogen-bond acceptors (Lipinski definition) is 8. The first-order chi connectivity index (χ1) is 16.0. The Morgan fingerprint density at radius 1 is 1.21 bits per heavy atom. The fourth-order valence-electron chi connectivity index (χ4n) is 2.74. The number of urea groups is 1. The van der Waals surface area contributed by atoms with E-state index in [0.29, 0.717) is 11.5 Å². The lowest BCUT2D eigenvalue weighted by Gasteiger charge is -2.14. The number of nitrogens with one attached hydrogen (secondary N) is 2. The molecule has 0 fully saturated rings. The Bertz CT molecular complexity index is 1030. The quantitative estimate of drug-likeness (QED) is 0.244. The van der Waals surface area contributed by atoms with Gasteiger partial charge in [-0.2, -0.15) is 4.37 Å². The van der Waals surface area contributed by atoms with E-state index >= 15 is 0 Å². The summed E-state index contributed by atoms with van der Waals surface area (Å²) in [6, 6.07) is 0.992. The van der Waals surface area contributed by atoms with Crippen LogP contribution in [0.1, 0.15) is 35.2 Å². The van der Waals surface area contributed by atoms with Gasteiger partial charge in [-0.05, 0) is 36.5 Å². The predicted molar refractivity (Wildman–Crippen MR) is 117 cm³/mol. The van der Waals surface area contributed by atoms with Gasteiger partial charge in [0.15, 0.2) is 0 Å². The molecule has 3 amide bonds. The van der Waals surface area contributed by atoms with Crippen molar-refractivity contribution in [2.45, 2.75) is 38.1 Å². The summed E-state index contributed by atoms with van der Waals surface area (Å²) in [5.74, 6) is -4.49. The maximum atomic E-state index is 13.9. The molecule has 1 aromatic carbocycles. The highest BCUT2D eigenvalue weighted by atomic mass is 35.5. The van der Waals surface area contributed by atoms with Gasteiger partial charge in [-0.1, -0.05) is 11.6 Å². The van der Waals surface area contributed by atoms with Crippen LogP contribution in [-0.4, -0.2) is 56.4 Å². The Balaban J connectivity index is 1.93. The number of anilines is 1. The van der Waals surface area contributed by atoms with Crippen molar-refractivity contribution in [2.75, 3.05) is 11.9 Å². The lowest BCUT2D eigenvalue weighted by molar-refractivity contribution is -0.139. The van der Waals surface area contributed by atoms with Crippen LogP contribution in [0.2, 0.25) is 5.02 Å². The van der Waals surface area contributed by atoms with Crippen LogP contribution in [0.3, 0.4) is 0 Å². The second-order valence-corrected chi connectivity index (χ2v) is 8.21. The Morgan fingerprint density at radius 3 is 2.44 bits per heavy atom. The number of carboxylic acid groups (broad SMARTS) is 1. The van der Waals surface area contributed by atoms with E-state index in [9.17, 15) is 33.4 Å². The molecule has 0 spiro atoms. The molecule has 0 aliphatic rings. The van der Waals surface area contributed by atoms with Crippen molar-refractivity contribution in [2.24, 2.45) is 5.73 Å². The van der Waals surface area contributed by atoms with Gasteiger partial charge in [-0.15, -0.1) is 0 Å². The molecule has 34 heavy (non-hydrogen) atoms. The minimum absolute atomic E-state index is 0.0159. The first-order valence-electron chi connectivity index (χ1n) is 9.66. The standard InChI is InChI=1S/C19H21ClF2N4O7S/c20-8-3-12(21)11(13(22)4-8)7-33-17-15(16(23)31)18(34-26-17)25-19(32)24-2-1-9(27)5-10(28)6-14(29)30/h3-4,9-10,27-28H,1-2,5-7H2,(H2,23,31)(H,29,30)(H2,24,25,32). The number of carbonyl (C=O) groups is 3. The normalized spacial score (nSPS) is 12.6. The third kappa shape index (κ3) is 8.06. The second kappa shape index (κ2) is 12.4. The number of aliphatic carboxylic acids is 1. The van der Waals surface area contributed by atoms with E-state index in [4.69, 9.17) is 27.2 Å². The average Bonchev–Trinajstić information content (AvgIpc) is 3.08. The summed E-state index contributed by atoms with van der Waals surface area (Å²) in [5, 5.41) is 32.4. The molecule has 2 unspecified atom stereocenters. The smallest absolute Gasteiger partial charge is 0.319 e. The molecule has 11 nitrogen and oxygen atoms in total. The molecule has 0 saturated carbocycles. The monoisotopic (exact) mass is 522 g/mol. The van der Waals surface area contributed by atoms with Crippen LogP contribution in [-0.2, 0) is 11.4 Å². The number of aromatic nitrogens is 1. The molecule has 1 heterocycles. The zero-order valence-electron chi connectivity index (χ0n) is 17.4. The fraction of sp³-hybridized carbons (Fsp3) is 0.368. The summed E-state index contributed by atoms with van der Waals surface area (Å²) in [6.45, 7) is -0.675. The molecule has 0 radical (unpaired) electrons. The number of hydrogen-bond donors (Lipinski definition) is 6. The van der Waals surface area contributed by atoms with Crippen LogP contribution in [0.4, 0.5) is 18.6 Å². The van der Waals surface area contributed by atoms with Gasteiger partial charge in [0.25, 0.3) is 5.91 Å². The Hall–Kier alpha value is -3.07. The number of nitrogens with zero attached hydrogens (tertiary/aromatic N) is 1. The van der Waals surface area contributed by atoms with Crippen molar-refractivity contribution in [3.63, 3.8) is 0 Å². The van der Waals surface area contributed by atoms with Crippen molar-refractivity contribution in [1.29, 1.82) is 0 Å². The van der Waals surface area contributed by atoms with E-state index < -0.39 is 60.3 Å². The Morgan fingerprint density at radius 2 is 1.85 bits per heavy atom. The highest BCUT2D eigenvalue weighted by Crippen LogP contribution is 2.31. The van der Waals surface area contributed by atoms with Gasteiger partial charge < -0.3 is 31.1 Å². The van der Waals surface area contributed by atoms with E-state index in [2.05, 4.69) is 15.0 Å². The molecule has 0 aliphatic carbocycles. The number of nitrogens with two attached hydrogens (primary N) is 1. The van der Waals surface area contributed by atoms with E-state index in [0.717, 1.165) is 12.1 Å². The molecule has 1 aromatic heterocycles. The number of rotatable bonds is 12. The number of carboxylic acids is 1. The highest BCUT2D eigenvalue weighted by molar-refractivity contribution is 7.11. The lowest BCUT2D eigenvalue weighted by atomic mass is 10.1. The minimum atomic E-state index is -1.23. The molecular formula is C19H21ClF2N4O7S. The maximum absolute atomic E-state index is 13.9. The number of halogens is 3. The van der Waals surface area contributed by atoms with Gasteiger partial charge in [0, 0.05) is 11.6 Å². The van der Waals surface area contributed by atoms with Crippen LogP contribution >= 0.6 is 23.1 Å². The van der Waals surface area contributed by atoms with E-state index in [-0.39, 0.29) is 40.9 Å². The molecule has 0 saturated heterocycles. The molecule has 2 atom stereocenters. The first kappa shape index (κ1) is 27.2. The van der Waals surface area contributed by atoms with Crippen molar-refractivity contribution in [3.05, 3.63) is 39.9 Å². The molecule has 186 valence electrons. The van der Waals surface area contributed by atoms with Crippen LogP contribution in [0.15, 0.2) is 12.1 Å². The minimum Gasteiger partial charge on any atom is -0.481 e. The number of aliphatic hydroxyl groups is 2. The van der Waals surface area contributed by atoms with E-state index in [1.165, 1.54) is 0 Å². The molecule has 7 N–H and O–H groups in total. The van der Waals surface area contributed by atoms with Crippen molar-refractivity contribution >= 4 is 46.0 Å². The average molecular weight is 523 g/mol. The first-order valence-corrected chi connectivity index (χ1v) is 10.8. The lowest BCUT2D eigenvalue weighted by Crippen LogP contribution is -2.32. The van der Waals surface area contributed by atoms with E-state index in [1.807, 2.05) is 0 Å². The zero-order chi connectivity index (χ0) is 25.4. The van der Waals surface area contributed by atoms with Crippen molar-refractivity contribution in [1.82, 2.24) is 9.69 Å². The van der Waals surface area contributed by atoms with Gasteiger partial charge >= 0.3 is 12.0 Å². The SMILES string of the molecule is NC(=O)c1c(OCc2c(F)cc(Cl)cc2F)nsc1NC(=O)NCCC(O)CC(O)CC(=O)O. The molecular weight excluding hydrogens is 502 g/mol. The maximum Gasteiger partial charge on any atom is 0.319 e. The Kier molecular flexibility index (Phi) is 9.92. The van der Waals surface area contributed by atoms with Crippen molar-refractivity contribution < 1.29 is 43.2 Å². The second-order valence-electron chi connectivity index (χ2n) is 7.00. The molecule has 2 aromatic rings. The number of aliphatic hydroxyl groups excluding tert-OH is 2. The topological polar surface area (TPSA) is 184 Å². The van der Waals surface area contributed by atoms with Gasteiger partial charge in [0.2, 0.25) is 5.88 Å². The van der Waals surface area contributed by atoms with Gasteiger partial charge in [0.05, 0.1) is 24.2 Å². The predicted octanol–water partition coefficient (Wildman–Crippen LogP) is 1.85. The molecule has 0 bridgehead atoms. The summed E-state index contributed by atoms with van der Waals surface area (Å²) in [6.07, 6.45) is -2.99. The van der Waals surface area contributed by atoms with Gasteiger partial charge in [-0.3, -0.25) is 14.9 Å². The third-order valence-corrected chi connectivity index (χ3v) is 5.27. The summed E-state index contributed by atoms with van der Waals surface area (Å²) in [5.41, 5.74) is 4.55.